The lowest BCUT2D eigenvalue weighted by Gasteiger charge is -2.13. The van der Waals surface area contributed by atoms with Crippen molar-refractivity contribution in [3.63, 3.8) is 0 Å². The third kappa shape index (κ3) is 2.37. The number of imidazole rings is 1. The van der Waals surface area contributed by atoms with Crippen molar-refractivity contribution in [3.05, 3.63) is 40.6 Å². The van der Waals surface area contributed by atoms with E-state index in [9.17, 15) is 9.59 Å². The summed E-state index contributed by atoms with van der Waals surface area (Å²) in [6.07, 6.45) is 3.24. The number of aromatic nitrogens is 3. The number of pyridine rings is 1. The summed E-state index contributed by atoms with van der Waals surface area (Å²) in [4.78, 5) is 30.7. The van der Waals surface area contributed by atoms with Crippen molar-refractivity contribution < 1.29 is 18.9 Å². The zero-order valence-corrected chi connectivity index (χ0v) is 13.8. The minimum Gasteiger partial charge on any atom is -0.460 e. The molecule has 0 aromatic carbocycles. The Hall–Kier alpha value is -2.41. The van der Waals surface area contributed by atoms with Crippen molar-refractivity contribution >= 4 is 23.5 Å². The van der Waals surface area contributed by atoms with E-state index in [0.717, 1.165) is 0 Å². The van der Waals surface area contributed by atoms with Gasteiger partial charge in [-0.3, -0.25) is 4.79 Å². The number of halogens is 1. The second kappa shape index (κ2) is 5.66. The van der Waals surface area contributed by atoms with Gasteiger partial charge in [0, 0.05) is 13.2 Å². The van der Waals surface area contributed by atoms with Crippen molar-refractivity contribution in [2.24, 2.45) is 7.05 Å². The molecule has 0 unspecified atom stereocenters. The predicted molar refractivity (Wildman–Crippen MR) is 81.5 cm³/mol. The number of hydrogen-bond donors (Lipinski definition) is 0. The van der Waals surface area contributed by atoms with Crippen LogP contribution in [0.15, 0.2) is 18.6 Å². The Morgan fingerprint density at radius 3 is 2.96 bits per heavy atom. The first-order valence-corrected chi connectivity index (χ1v) is 7.50. The fraction of sp³-hybridized carbons (Fsp3) is 0.333. The Bertz CT molecular complexity index is 815. The molecule has 23 heavy (non-hydrogen) atoms. The van der Waals surface area contributed by atoms with Crippen LogP contribution in [0.25, 0.3) is 5.82 Å². The van der Waals surface area contributed by atoms with Crippen LogP contribution in [0.2, 0.25) is 5.02 Å². The average Bonchev–Trinajstić information content (AvgIpc) is 2.78. The molecule has 0 saturated carbocycles. The van der Waals surface area contributed by atoms with Crippen LogP contribution in [0.1, 0.15) is 33.5 Å². The van der Waals surface area contributed by atoms with E-state index in [4.69, 9.17) is 16.3 Å². The summed E-state index contributed by atoms with van der Waals surface area (Å²) < 4.78 is 8.51. The van der Waals surface area contributed by atoms with E-state index >= 15 is 0 Å². The van der Waals surface area contributed by atoms with Crippen molar-refractivity contribution in [2.75, 3.05) is 13.7 Å². The van der Waals surface area contributed by atoms with E-state index in [1.54, 1.807) is 42.5 Å². The second-order valence-corrected chi connectivity index (χ2v) is 5.67. The number of ether oxygens (including phenoxy) is 1. The predicted octanol–water partition coefficient (Wildman–Crippen LogP) is 1.11. The molecular formula is C15H16ClN4O3+. The van der Waals surface area contributed by atoms with E-state index in [0.29, 0.717) is 27.8 Å². The zero-order chi connectivity index (χ0) is 16.7. The highest BCUT2D eigenvalue weighted by atomic mass is 35.5. The first kappa shape index (κ1) is 15.5. The molecule has 120 valence electrons. The fourth-order valence-corrected chi connectivity index (χ4v) is 2.93. The van der Waals surface area contributed by atoms with Gasteiger partial charge < -0.3 is 9.64 Å². The summed E-state index contributed by atoms with van der Waals surface area (Å²) in [5.74, 6) is -0.262. The molecule has 2 aromatic heterocycles. The Morgan fingerprint density at radius 2 is 2.26 bits per heavy atom. The molecule has 7 nitrogen and oxygen atoms in total. The number of esters is 1. The SMILES string of the molecule is CCOC(=O)c1c2n(c[n+]1C)-c1nccc(Cl)c1C(=O)N(C)C2. The standard InChI is InChI=1S/C15H16ClN4O3/c1-4-23-15(22)12-10-7-18(2)14(21)11-9(16)5-6-17-13(11)20(10)8-19(12)3/h5-6,8H,4,7H2,1-3H3/q+1. The highest BCUT2D eigenvalue weighted by molar-refractivity contribution is 6.34. The quantitative estimate of drug-likeness (QED) is 0.609. The summed E-state index contributed by atoms with van der Waals surface area (Å²) in [6, 6.07) is 1.58. The zero-order valence-electron chi connectivity index (χ0n) is 13.0. The molecule has 0 N–H and O–H groups in total. The van der Waals surface area contributed by atoms with Crippen molar-refractivity contribution in [1.82, 2.24) is 14.5 Å². The van der Waals surface area contributed by atoms with Gasteiger partial charge in [0.15, 0.2) is 5.69 Å². The molecular weight excluding hydrogens is 320 g/mol. The number of aryl methyl sites for hydroxylation is 1. The molecule has 3 rings (SSSR count). The van der Waals surface area contributed by atoms with Crippen LogP contribution in [0.4, 0.5) is 0 Å². The van der Waals surface area contributed by atoms with Crippen molar-refractivity contribution in [1.29, 1.82) is 0 Å². The first-order valence-electron chi connectivity index (χ1n) is 7.13. The molecule has 2 aromatic rings. The van der Waals surface area contributed by atoms with Gasteiger partial charge in [-0.2, -0.15) is 4.57 Å². The molecule has 0 fully saturated rings. The third-order valence-corrected chi connectivity index (χ3v) is 4.05. The summed E-state index contributed by atoms with van der Waals surface area (Å²) in [5, 5.41) is 0.328. The number of rotatable bonds is 2. The van der Waals surface area contributed by atoms with Gasteiger partial charge in [-0.25, -0.2) is 14.3 Å². The number of carbonyl (C=O) groups is 2. The molecule has 0 spiro atoms. The van der Waals surface area contributed by atoms with E-state index in [2.05, 4.69) is 4.98 Å². The van der Waals surface area contributed by atoms with E-state index in [-0.39, 0.29) is 19.1 Å². The Labute approximate surface area is 138 Å². The summed E-state index contributed by atoms with van der Waals surface area (Å²) in [5.41, 5.74) is 1.35. The maximum atomic E-state index is 12.6. The molecule has 0 aliphatic carbocycles. The van der Waals surface area contributed by atoms with Crippen LogP contribution in [-0.4, -0.2) is 40.0 Å². The lowest BCUT2D eigenvalue weighted by Crippen LogP contribution is -2.35. The van der Waals surface area contributed by atoms with Crippen LogP contribution in [0.5, 0.6) is 0 Å². The largest absolute Gasteiger partial charge is 0.460 e. The topological polar surface area (TPSA) is 68.3 Å². The van der Waals surface area contributed by atoms with E-state index in [1.165, 1.54) is 11.1 Å². The minimum absolute atomic E-state index is 0.237. The first-order chi connectivity index (χ1) is 11.0. The van der Waals surface area contributed by atoms with Crippen LogP contribution in [0, 0.1) is 0 Å². The van der Waals surface area contributed by atoms with Crippen LogP contribution in [0.3, 0.4) is 0 Å². The smallest absolute Gasteiger partial charge is 0.382 e. The monoisotopic (exact) mass is 335 g/mol. The maximum absolute atomic E-state index is 12.6. The normalized spacial score (nSPS) is 13.4. The molecule has 1 amide bonds. The van der Waals surface area contributed by atoms with Gasteiger partial charge in [0.25, 0.3) is 17.9 Å². The van der Waals surface area contributed by atoms with Gasteiger partial charge in [-0.05, 0) is 13.0 Å². The van der Waals surface area contributed by atoms with Crippen molar-refractivity contribution in [3.8, 4) is 5.82 Å². The summed E-state index contributed by atoms with van der Waals surface area (Å²) in [6.45, 7) is 2.28. The van der Waals surface area contributed by atoms with Gasteiger partial charge in [0.2, 0.25) is 5.82 Å². The van der Waals surface area contributed by atoms with Crippen LogP contribution >= 0.6 is 11.6 Å². The van der Waals surface area contributed by atoms with Crippen LogP contribution in [-0.2, 0) is 18.3 Å². The molecule has 3 heterocycles. The highest BCUT2D eigenvalue weighted by Crippen LogP contribution is 2.28. The Morgan fingerprint density at radius 1 is 1.52 bits per heavy atom. The lowest BCUT2D eigenvalue weighted by atomic mass is 10.2. The minimum atomic E-state index is -0.435. The average molecular weight is 336 g/mol. The van der Waals surface area contributed by atoms with Crippen molar-refractivity contribution in [2.45, 2.75) is 13.5 Å². The van der Waals surface area contributed by atoms with Gasteiger partial charge in [-0.15, -0.1) is 0 Å². The van der Waals surface area contributed by atoms with Gasteiger partial charge >= 0.3 is 5.97 Å². The summed E-state index contributed by atoms with van der Waals surface area (Å²) >= 11 is 6.20. The van der Waals surface area contributed by atoms with Gasteiger partial charge in [-0.1, -0.05) is 11.6 Å². The number of carbonyl (C=O) groups excluding carboxylic acids is 2. The molecule has 0 atom stereocenters. The third-order valence-electron chi connectivity index (χ3n) is 3.73. The molecule has 1 aliphatic rings. The molecule has 8 heteroatoms. The lowest BCUT2D eigenvalue weighted by molar-refractivity contribution is -0.673. The highest BCUT2D eigenvalue weighted by Gasteiger charge is 2.37. The molecule has 0 radical (unpaired) electrons. The number of amides is 1. The number of nitrogens with zero attached hydrogens (tertiary/aromatic N) is 4. The maximum Gasteiger partial charge on any atom is 0.382 e. The van der Waals surface area contributed by atoms with Crippen LogP contribution < -0.4 is 4.57 Å². The molecule has 0 bridgehead atoms. The Balaban J connectivity index is 2.29. The van der Waals surface area contributed by atoms with Gasteiger partial charge in [0.05, 0.1) is 25.2 Å². The molecule has 1 aliphatic heterocycles. The van der Waals surface area contributed by atoms with E-state index < -0.39 is 5.97 Å². The summed E-state index contributed by atoms with van der Waals surface area (Å²) in [7, 11) is 3.41. The molecule has 0 saturated heterocycles. The Kier molecular flexibility index (Phi) is 3.81. The number of fused-ring (bicyclic) bond motifs is 3. The fourth-order valence-electron chi connectivity index (χ4n) is 2.71. The van der Waals surface area contributed by atoms with E-state index in [1.807, 2.05) is 0 Å². The second-order valence-electron chi connectivity index (χ2n) is 5.26. The number of hydrogen-bond acceptors (Lipinski definition) is 4. The van der Waals surface area contributed by atoms with Gasteiger partial charge in [0.1, 0.15) is 5.56 Å².